The van der Waals surface area contributed by atoms with Crippen molar-refractivity contribution in [1.82, 2.24) is 10.9 Å². The zero-order valence-corrected chi connectivity index (χ0v) is 14.0. The van der Waals surface area contributed by atoms with Gasteiger partial charge in [-0.3, -0.25) is 30.6 Å². The number of amides is 2. The SMILES string of the molecule is Cc1ccc(OCC(=O)NNC(=O)/C=C/c2ccc([N+](=O)[O-])cc2)cc1. The van der Waals surface area contributed by atoms with Crippen molar-refractivity contribution in [3.8, 4) is 5.75 Å². The number of hydrogen-bond acceptors (Lipinski definition) is 5. The van der Waals surface area contributed by atoms with Gasteiger partial charge in [-0.2, -0.15) is 0 Å². The van der Waals surface area contributed by atoms with Crippen molar-refractivity contribution in [3.63, 3.8) is 0 Å². The number of nitrogens with zero attached hydrogens (tertiary/aromatic N) is 1. The number of benzene rings is 2. The fourth-order valence-corrected chi connectivity index (χ4v) is 1.87. The highest BCUT2D eigenvalue weighted by Crippen LogP contribution is 2.13. The summed E-state index contributed by atoms with van der Waals surface area (Å²) >= 11 is 0. The van der Waals surface area contributed by atoms with Gasteiger partial charge in [-0.15, -0.1) is 0 Å². The number of nitro benzene ring substituents is 1. The van der Waals surface area contributed by atoms with Gasteiger partial charge in [0.1, 0.15) is 5.75 Å². The Morgan fingerprint density at radius 2 is 1.73 bits per heavy atom. The van der Waals surface area contributed by atoms with Crippen LogP contribution in [0.3, 0.4) is 0 Å². The van der Waals surface area contributed by atoms with Gasteiger partial charge in [0.05, 0.1) is 4.92 Å². The van der Waals surface area contributed by atoms with Crippen LogP contribution < -0.4 is 15.6 Å². The molecule has 0 spiro atoms. The Bertz CT molecular complexity index is 814. The van der Waals surface area contributed by atoms with Crippen LogP contribution in [0.15, 0.2) is 54.6 Å². The molecule has 2 aromatic rings. The standard InChI is InChI=1S/C18H17N3O5/c1-13-2-9-16(10-3-13)26-12-18(23)20-19-17(22)11-6-14-4-7-15(8-5-14)21(24)25/h2-11H,12H2,1H3,(H,19,22)(H,20,23)/b11-6+. The highest BCUT2D eigenvalue weighted by molar-refractivity contribution is 5.93. The molecular weight excluding hydrogens is 338 g/mol. The molecule has 0 saturated carbocycles. The van der Waals surface area contributed by atoms with Gasteiger partial charge in [0.25, 0.3) is 17.5 Å². The fraction of sp³-hybridized carbons (Fsp3) is 0.111. The lowest BCUT2D eigenvalue weighted by Crippen LogP contribution is -2.43. The number of non-ortho nitro benzene ring substituents is 1. The summed E-state index contributed by atoms with van der Waals surface area (Å²) in [5.41, 5.74) is 6.09. The zero-order chi connectivity index (χ0) is 18.9. The molecule has 0 fully saturated rings. The van der Waals surface area contributed by atoms with E-state index in [1.807, 2.05) is 19.1 Å². The highest BCUT2D eigenvalue weighted by atomic mass is 16.6. The molecule has 8 heteroatoms. The first-order chi connectivity index (χ1) is 12.4. The van der Waals surface area contributed by atoms with Crippen LogP contribution in [0, 0.1) is 17.0 Å². The van der Waals surface area contributed by atoms with E-state index in [-0.39, 0.29) is 12.3 Å². The van der Waals surface area contributed by atoms with E-state index in [4.69, 9.17) is 4.74 Å². The van der Waals surface area contributed by atoms with E-state index in [1.54, 1.807) is 12.1 Å². The molecule has 134 valence electrons. The number of nitro groups is 1. The van der Waals surface area contributed by atoms with E-state index in [0.29, 0.717) is 11.3 Å². The minimum Gasteiger partial charge on any atom is -0.484 e. The molecule has 8 nitrogen and oxygen atoms in total. The predicted molar refractivity (Wildman–Crippen MR) is 95.1 cm³/mol. The van der Waals surface area contributed by atoms with Crippen molar-refractivity contribution < 1.29 is 19.2 Å². The molecule has 0 saturated heterocycles. The van der Waals surface area contributed by atoms with E-state index in [9.17, 15) is 19.7 Å². The number of carbonyl (C=O) groups is 2. The number of rotatable bonds is 6. The van der Waals surface area contributed by atoms with Gasteiger partial charge in [-0.05, 0) is 42.8 Å². The maximum atomic E-state index is 11.6. The van der Waals surface area contributed by atoms with Gasteiger partial charge in [-0.1, -0.05) is 17.7 Å². The highest BCUT2D eigenvalue weighted by Gasteiger charge is 2.05. The van der Waals surface area contributed by atoms with E-state index in [2.05, 4.69) is 10.9 Å². The molecule has 0 bridgehead atoms. The van der Waals surface area contributed by atoms with Gasteiger partial charge in [-0.25, -0.2) is 0 Å². The first kappa shape index (κ1) is 18.7. The van der Waals surface area contributed by atoms with Crippen molar-refractivity contribution >= 4 is 23.6 Å². The summed E-state index contributed by atoms with van der Waals surface area (Å²) in [6, 6.07) is 12.9. The quantitative estimate of drug-likeness (QED) is 0.468. The molecular formula is C18H17N3O5. The third-order valence-electron chi connectivity index (χ3n) is 3.25. The second-order valence-corrected chi connectivity index (χ2v) is 5.32. The molecule has 2 aromatic carbocycles. The Kier molecular flexibility index (Phi) is 6.44. The van der Waals surface area contributed by atoms with Crippen molar-refractivity contribution in [3.05, 3.63) is 75.8 Å². The molecule has 0 aliphatic heterocycles. The molecule has 2 N–H and O–H groups in total. The average Bonchev–Trinajstić information content (AvgIpc) is 2.64. The maximum Gasteiger partial charge on any atom is 0.276 e. The Balaban J connectivity index is 1.74. The topological polar surface area (TPSA) is 111 Å². The van der Waals surface area contributed by atoms with Crippen molar-refractivity contribution in [1.29, 1.82) is 0 Å². The molecule has 0 aliphatic carbocycles. The number of carbonyl (C=O) groups excluding carboxylic acids is 2. The van der Waals surface area contributed by atoms with Crippen LogP contribution >= 0.6 is 0 Å². The fourth-order valence-electron chi connectivity index (χ4n) is 1.87. The van der Waals surface area contributed by atoms with Crippen molar-refractivity contribution in [2.75, 3.05) is 6.61 Å². The van der Waals surface area contributed by atoms with Gasteiger partial charge in [0, 0.05) is 18.2 Å². The summed E-state index contributed by atoms with van der Waals surface area (Å²) in [6.45, 7) is 1.70. The van der Waals surface area contributed by atoms with Gasteiger partial charge in [0.15, 0.2) is 6.61 Å². The largest absolute Gasteiger partial charge is 0.484 e. The average molecular weight is 355 g/mol. The van der Waals surface area contributed by atoms with Crippen LogP contribution in [0.2, 0.25) is 0 Å². The molecule has 26 heavy (non-hydrogen) atoms. The first-order valence-corrected chi connectivity index (χ1v) is 7.65. The number of aryl methyl sites for hydroxylation is 1. The normalized spacial score (nSPS) is 10.3. The summed E-state index contributed by atoms with van der Waals surface area (Å²) in [6.07, 6.45) is 2.66. The summed E-state index contributed by atoms with van der Waals surface area (Å²) in [5.74, 6) is -0.509. The summed E-state index contributed by atoms with van der Waals surface area (Å²) < 4.78 is 5.28. The van der Waals surface area contributed by atoms with Crippen LogP contribution in [0.4, 0.5) is 5.69 Å². The number of nitrogens with one attached hydrogen (secondary N) is 2. The third-order valence-corrected chi connectivity index (χ3v) is 3.25. The van der Waals surface area contributed by atoms with Crippen LogP contribution in [0.5, 0.6) is 5.75 Å². The molecule has 0 atom stereocenters. The van der Waals surface area contributed by atoms with E-state index in [1.165, 1.54) is 36.4 Å². The summed E-state index contributed by atoms with van der Waals surface area (Å²) in [5, 5.41) is 10.6. The van der Waals surface area contributed by atoms with E-state index < -0.39 is 16.7 Å². The van der Waals surface area contributed by atoms with Gasteiger partial charge in [0.2, 0.25) is 0 Å². The van der Waals surface area contributed by atoms with Crippen LogP contribution in [-0.2, 0) is 9.59 Å². The molecule has 0 aliphatic rings. The Morgan fingerprint density at radius 1 is 1.08 bits per heavy atom. The van der Waals surface area contributed by atoms with Crippen LogP contribution in [-0.4, -0.2) is 23.3 Å². The van der Waals surface area contributed by atoms with Crippen LogP contribution in [0.25, 0.3) is 6.08 Å². The van der Waals surface area contributed by atoms with Crippen molar-refractivity contribution in [2.45, 2.75) is 6.92 Å². The van der Waals surface area contributed by atoms with Crippen molar-refractivity contribution in [2.24, 2.45) is 0 Å². The van der Waals surface area contributed by atoms with E-state index in [0.717, 1.165) is 5.56 Å². The van der Waals surface area contributed by atoms with Crippen LogP contribution in [0.1, 0.15) is 11.1 Å². The lowest BCUT2D eigenvalue weighted by atomic mass is 10.2. The molecule has 2 rings (SSSR count). The first-order valence-electron chi connectivity index (χ1n) is 7.65. The zero-order valence-electron chi connectivity index (χ0n) is 14.0. The number of ether oxygens (including phenoxy) is 1. The molecule has 0 aromatic heterocycles. The third kappa shape index (κ3) is 6.08. The molecule has 2 amide bonds. The van der Waals surface area contributed by atoms with Gasteiger partial charge < -0.3 is 4.74 Å². The van der Waals surface area contributed by atoms with Gasteiger partial charge >= 0.3 is 0 Å². The van der Waals surface area contributed by atoms with E-state index >= 15 is 0 Å². The monoisotopic (exact) mass is 355 g/mol. The maximum absolute atomic E-state index is 11.6. The summed E-state index contributed by atoms with van der Waals surface area (Å²) in [4.78, 5) is 33.3. The Morgan fingerprint density at radius 3 is 2.35 bits per heavy atom. The second-order valence-electron chi connectivity index (χ2n) is 5.32. The second kappa shape index (κ2) is 8.97. The summed E-state index contributed by atoms with van der Waals surface area (Å²) in [7, 11) is 0. The smallest absolute Gasteiger partial charge is 0.276 e. The molecule has 0 unspecified atom stereocenters. The molecule has 0 heterocycles. The Hall–Kier alpha value is -3.68. The Labute approximate surface area is 149 Å². The lowest BCUT2D eigenvalue weighted by Gasteiger charge is -2.07. The predicted octanol–water partition coefficient (Wildman–Crippen LogP) is 2.14. The minimum absolute atomic E-state index is 0.0348. The number of hydrogen-bond donors (Lipinski definition) is 2. The number of hydrazine groups is 1. The molecule has 0 radical (unpaired) electrons. The lowest BCUT2D eigenvalue weighted by molar-refractivity contribution is -0.384. The minimum atomic E-state index is -0.549.